The van der Waals surface area contributed by atoms with Gasteiger partial charge in [0.15, 0.2) is 0 Å². The summed E-state index contributed by atoms with van der Waals surface area (Å²) in [5.74, 6) is -3.50. The molecule has 140 valence electrons. The summed E-state index contributed by atoms with van der Waals surface area (Å²) in [5.41, 5.74) is -0.169. The van der Waals surface area contributed by atoms with E-state index in [0.717, 1.165) is 4.90 Å². The van der Waals surface area contributed by atoms with E-state index in [0.29, 0.717) is 5.56 Å². The molecule has 0 radical (unpaired) electrons. The van der Waals surface area contributed by atoms with Gasteiger partial charge in [-0.1, -0.05) is 41.9 Å². The monoisotopic (exact) mass is 397 g/mol. The second-order valence-electron chi connectivity index (χ2n) is 6.29. The molecule has 0 fully saturated rings. The zero-order valence-electron chi connectivity index (χ0n) is 14.1. The average Bonchev–Trinajstić information content (AvgIpc) is 2.91. The van der Waals surface area contributed by atoms with Crippen LogP contribution in [0, 0.1) is 0 Å². The first kappa shape index (κ1) is 17.8. The van der Waals surface area contributed by atoms with Crippen molar-refractivity contribution in [3.05, 3.63) is 64.2 Å². The van der Waals surface area contributed by atoms with Crippen LogP contribution in [0.15, 0.2) is 42.5 Å². The van der Waals surface area contributed by atoms with E-state index in [-0.39, 0.29) is 39.0 Å². The molecule has 0 aromatic heterocycles. The van der Waals surface area contributed by atoms with Crippen molar-refractivity contribution in [2.45, 2.75) is 6.42 Å². The third kappa shape index (κ3) is 2.48. The molecule has 7 nitrogen and oxygen atoms in total. The second kappa shape index (κ2) is 6.24. The molecule has 28 heavy (non-hydrogen) atoms. The lowest BCUT2D eigenvalue weighted by Gasteiger charge is -2.16. The smallest absolute Gasteiger partial charge is 0.307 e. The van der Waals surface area contributed by atoms with Crippen LogP contribution < -0.4 is 4.90 Å². The quantitative estimate of drug-likeness (QED) is 0.461. The zero-order chi connectivity index (χ0) is 20.2. The molecule has 3 N–H and O–H groups in total. The Balaban J connectivity index is 1.88. The first-order chi connectivity index (χ1) is 13.3. The molecule has 0 saturated carbocycles. The van der Waals surface area contributed by atoms with Crippen molar-refractivity contribution in [1.29, 1.82) is 0 Å². The fraction of sp³-hybridized carbons (Fsp3) is 0.0500. The van der Waals surface area contributed by atoms with E-state index >= 15 is 0 Å². The minimum absolute atomic E-state index is 0.00297. The van der Waals surface area contributed by atoms with Gasteiger partial charge < -0.3 is 15.3 Å². The largest absolute Gasteiger partial charge is 0.506 e. The molecule has 0 unspecified atom stereocenters. The number of carboxylic acids is 1. The maximum Gasteiger partial charge on any atom is 0.307 e. The van der Waals surface area contributed by atoms with Gasteiger partial charge in [-0.2, -0.15) is 0 Å². The lowest BCUT2D eigenvalue weighted by Crippen LogP contribution is -2.29. The van der Waals surface area contributed by atoms with Gasteiger partial charge in [0, 0.05) is 10.8 Å². The molecule has 0 atom stereocenters. The second-order valence-corrected chi connectivity index (χ2v) is 6.70. The molecule has 0 saturated heterocycles. The van der Waals surface area contributed by atoms with Gasteiger partial charge in [-0.05, 0) is 17.7 Å². The normalized spacial score (nSPS) is 13.2. The van der Waals surface area contributed by atoms with E-state index in [9.17, 15) is 24.6 Å². The molecule has 3 aromatic rings. The van der Waals surface area contributed by atoms with E-state index in [4.69, 9.17) is 16.7 Å². The topological polar surface area (TPSA) is 115 Å². The number of hydrogen-bond donors (Lipinski definition) is 3. The third-order valence-electron chi connectivity index (χ3n) is 4.60. The van der Waals surface area contributed by atoms with Crippen LogP contribution in [0.4, 0.5) is 5.69 Å². The number of rotatable bonds is 3. The van der Waals surface area contributed by atoms with Gasteiger partial charge in [0.2, 0.25) is 0 Å². The van der Waals surface area contributed by atoms with E-state index < -0.39 is 29.3 Å². The number of aliphatic carboxylic acids is 1. The van der Waals surface area contributed by atoms with Crippen LogP contribution in [0.5, 0.6) is 11.5 Å². The van der Waals surface area contributed by atoms with Crippen LogP contribution in [0.3, 0.4) is 0 Å². The molecular weight excluding hydrogens is 386 g/mol. The highest BCUT2D eigenvalue weighted by Crippen LogP contribution is 2.45. The predicted molar refractivity (Wildman–Crippen MR) is 101 cm³/mol. The third-order valence-corrected chi connectivity index (χ3v) is 4.91. The summed E-state index contributed by atoms with van der Waals surface area (Å²) < 4.78 is 0. The van der Waals surface area contributed by atoms with Crippen molar-refractivity contribution in [3.63, 3.8) is 0 Å². The van der Waals surface area contributed by atoms with Crippen LogP contribution in [0.2, 0.25) is 5.02 Å². The van der Waals surface area contributed by atoms with E-state index in [1.807, 2.05) is 0 Å². The number of carboxylic acid groups (broad SMARTS) is 1. The van der Waals surface area contributed by atoms with Crippen molar-refractivity contribution in [2.75, 3.05) is 4.90 Å². The number of halogens is 1. The molecule has 4 rings (SSSR count). The maximum absolute atomic E-state index is 12.9. The van der Waals surface area contributed by atoms with Gasteiger partial charge in [-0.25, -0.2) is 4.90 Å². The van der Waals surface area contributed by atoms with Crippen molar-refractivity contribution in [1.82, 2.24) is 0 Å². The summed E-state index contributed by atoms with van der Waals surface area (Å²) in [5, 5.41) is 30.5. The molecule has 1 aliphatic rings. The number of aromatic hydroxyl groups is 2. The highest BCUT2D eigenvalue weighted by molar-refractivity contribution is 6.41. The lowest BCUT2D eigenvalue weighted by atomic mass is 9.99. The Morgan fingerprint density at radius 2 is 1.46 bits per heavy atom. The number of phenols is 2. The molecule has 1 heterocycles. The number of imide groups is 1. The summed E-state index contributed by atoms with van der Waals surface area (Å²) in [4.78, 5) is 37.4. The number of benzene rings is 3. The number of anilines is 1. The van der Waals surface area contributed by atoms with Gasteiger partial charge in [0.25, 0.3) is 11.8 Å². The van der Waals surface area contributed by atoms with Gasteiger partial charge in [-0.3, -0.25) is 14.4 Å². The number of carbonyl (C=O) groups excluding carboxylic acids is 2. The average molecular weight is 398 g/mol. The summed E-state index contributed by atoms with van der Waals surface area (Å²) in [7, 11) is 0. The van der Waals surface area contributed by atoms with Crippen molar-refractivity contribution < 1.29 is 29.7 Å². The Bertz CT molecular complexity index is 1140. The Morgan fingerprint density at radius 3 is 1.93 bits per heavy atom. The van der Waals surface area contributed by atoms with E-state index in [1.54, 1.807) is 12.1 Å². The molecule has 3 aromatic carbocycles. The number of nitrogens with zero attached hydrogens (tertiary/aromatic N) is 1. The van der Waals surface area contributed by atoms with Crippen LogP contribution in [-0.2, 0) is 11.2 Å². The van der Waals surface area contributed by atoms with E-state index in [2.05, 4.69) is 0 Å². The fourth-order valence-electron chi connectivity index (χ4n) is 3.37. The van der Waals surface area contributed by atoms with Crippen molar-refractivity contribution in [3.8, 4) is 11.5 Å². The number of hydrogen-bond acceptors (Lipinski definition) is 5. The van der Waals surface area contributed by atoms with Crippen molar-refractivity contribution >= 4 is 45.8 Å². The zero-order valence-corrected chi connectivity index (χ0v) is 14.9. The lowest BCUT2D eigenvalue weighted by molar-refractivity contribution is -0.136. The Kier molecular flexibility index (Phi) is 3.97. The fourth-order valence-corrected chi connectivity index (χ4v) is 3.66. The Labute approximate surface area is 163 Å². The minimum atomic E-state index is -1.05. The highest BCUT2D eigenvalue weighted by atomic mass is 35.5. The minimum Gasteiger partial charge on any atom is -0.506 e. The van der Waals surface area contributed by atoms with Crippen LogP contribution >= 0.6 is 11.6 Å². The van der Waals surface area contributed by atoms with Crippen molar-refractivity contribution in [2.24, 2.45) is 0 Å². The predicted octanol–water partition coefficient (Wildman–Crippen LogP) is 3.33. The van der Waals surface area contributed by atoms with Gasteiger partial charge in [-0.15, -0.1) is 0 Å². The molecule has 0 bridgehead atoms. The number of carbonyl (C=O) groups is 3. The number of amides is 2. The van der Waals surface area contributed by atoms with Crippen LogP contribution in [-0.4, -0.2) is 33.1 Å². The summed E-state index contributed by atoms with van der Waals surface area (Å²) in [6.07, 6.45) is -0.269. The Hall–Kier alpha value is -3.58. The van der Waals surface area contributed by atoms with Gasteiger partial charge >= 0.3 is 5.97 Å². The highest BCUT2D eigenvalue weighted by Gasteiger charge is 2.43. The van der Waals surface area contributed by atoms with Gasteiger partial charge in [0.05, 0.1) is 28.3 Å². The molecular formula is C20H12ClNO6. The molecule has 2 amide bonds. The van der Waals surface area contributed by atoms with Crippen LogP contribution in [0.25, 0.3) is 10.8 Å². The summed E-state index contributed by atoms with van der Waals surface area (Å²) in [6, 6.07) is 10.5. The molecule has 0 aliphatic carbocycles. The molecule has 1 aliphatic heterocycles. The molecule has 0 spiro atoms. The SMILES string of the molecule is O=C(O)Cc1ccc(N2C(=O)c3c(c(O)c4ccccc4c3O)C2=O)c(Cl)c1. The van der Waals surface area contributed by atoms with Crippen LogP contribution in [0.1, 0.15) is 26.3 Å². The van der Waals surface area contributed by atoms with Gasteiger partial charge in [0.1, 0.15) is 11.5 Å². The Morgan fingerprint density at radius 1 is 0.929 bits per heavy atom. The maximum atomic E-state index is 12.9. The van der Waals surface area contributed by atoms with E-state index in [1.165, 1.54) is 30.3 Å². The number of phenolic OH excluding ortho intramolecular Hbond substituents is 2. The first-order valence-corrected chi connectivity index (χ1v) is 8.54. The summed E-state index contributed by atoms with van der Waals surface area (Å²) in [6.45, 7) is 0. The standard InChI is InChI=1S/C20H12ClNO6/c21-12-7-9(8-14(23)24)5-6-13(12)22-19(27)15-16(20(22)28)18(26)11-4-2-1-3-10(11)17(15)25/h1-7,25-26H,8H2,(H,23,24). The first-order valence-electron chi connectivity index (χ1n) is 8.17. The molecule has 8 heteroatoms. The summed E-state index contributed by atoms with van der Waals surface area (Å²) >= 11 is 6.19. The number of fused-ring (bicyclic) bond motifs is 2.